The minimum absolute atomic E-state index is 0.0387. The van der Waals surface area contributed by atoms with E-state index in [0.29, 0.717) is 22.6 Å². The second-order valence-corrected chi connectivity index (χ2v) is 7.91. The fourth-order valence-corrected chi connectivity index (χ4v) is 4.29. The largest absolute Gasteiger partial charge is 0.497 e. The van der Waals surface area contributed by atoms with Gasteiger partial charge < -0.3 is 10.1 Å². The number of hydrogen-bond acceptors (Lipinski definition) is 3. The second-order valence-electron chi connectivity index (χ2n) is 7.91. The van der Waals surface area contributed by atoms with Gasteiger partial charge in [0, 0.05) is 16.7 Å². The Hall–Kier alpha value is -4.14. The number of rotatable bonds is 3. The summed E-state index contributed by atoms with van der Waals surface area (Å²) < 4.78 is 50.4. The normalized spacial score (nSPS) is 20.5. The van der Waals surface area contributed by atoms with Crippen LogP contribution in [0.5, 0.6) is 5.75 Å². The van der Waals surface area contributed by atoms with Gasteiger partial charge in [0.1, 0.15) is 11.6 Å². The highest BCUT2D eigenvalue weighted by Gasteiger charge is 2.66. The molecule has 3 aromatic rings. The summed E-state index contributed by atoms with van der Waals surface area (Å²) in [7, 11) is 1.42. The van der Waals surface area contributed by atoms with Crippen LogP contribution in [-0.2, 0) is 5.66 Å². The van der Waals surface area contributed by atoms with Crippen molar-refractivity contribution in [2.75, 3.05) is 7.11 Å². The van der Waals surface area contributed by atoms with Crippen molar-refractivity contribution in [2.24, 2.45) is 9.98 Å². The highest BCUT2D eigenvalue weighted by atomic mass is 19.4. The number of methoxy groups -OCH3 is 1. The summed E-state index contributed by atoms with van der Waals surface area (Å²) in [5, 5.41) is 2.11. The highest BCUT2D eigenvalue weighted by molar-refractivity contribution is 6.28. The first-order valence-corrected chi connectivity index (χ1v) is 10.4. The first-order valence-electron chi connectivity index (χ1n) is 10.4. The smallest absolute Gasteiger partial charge is 0.435 e. The number of amides is 2. The van der Waals surface area contributed by atoms with Crippen molar-refractivity contribution in [3.05, 3.63) is 95.1 Å². The molecule has 0 saturated carbocycles. The number of para-hydroxylation sites is 1. The van der Waals surface area contributed by atoms with Crippen molar-refractivity contribution in [1.82, 2.24) is 10.2 Å². The number of hydrogen-bond donors (Lipinski definition) is 1. The van der Waals surface area contributed by atoms with Crippen LogP contribution in [0.15, 0.2) is 82.8 Å². The number of aliphatic imine (C=N–C) groups is 2. The number of nitrogens with zero attached hydrogens (tertiary/aromatic N) is 3. The van der Waals surface area contributed by atoms with Gasteiger partial charge in [0.25, 0.3) is 0 Å². The van der Waals surface area contributed by atoms with Crippen LogP contribution < -0.4 is 10.1 Å². The van der Waals surface area contributed by atoms with Crippen LogP contribution in [0.25, 0.3) is 0 Å². The number of carbonyl (C=O) groups is 1. The molecule has 0 radical (unpaired) electrons. The van der Waals surface area contributed by atoms with Gasteiger partial charge in [0.15, 0.2) is 5.84 Å². The van der Waals surface area contributed by atoms with E-state index in [2.05, 4.69) is 15.3 Å². The van der Waals surface area contributed by atoms with Crippen molar-refractivity contribution in [2.45, 2.75) is 18.8 Å². The summed E-state index contributed by atoms with van der Waals surface area (Å²) in [6, 6.07) is 18.2. The van der Waals surface area contributed by atoms with E-state index < -0.39 is 17.9 Å². The average Bonchev–Trinajstić information content (AvgIpc) is 3.13. The van der Waals surface area contributed by atoms with Gasteiger partial charge in [0.2, 0.25) is 5.66 Å². The summed E-state index contributed by atoms with van der Waals surface area (Å²) in [5.74, 6) is 0.312. The molecule has 2 heterocycles. The topological polar surface area (TPSA) is 66.3 Å². The van der Waals surface area contributed by atoms with Crippen molar-refractivity contribution in [1.29, 1.82) is 0 Å². The van der Waals surface area contributed by atoms with Crippen LogP contribution in [0.3, 0.4) is 0 Å². The van der Waals surface area contributed by atoms with Gasteiger partial charge >= 0.3 is 12.2 Å². The van der Waals surface area contributed by atoms with Gasteiger partial charge in [-0.3, -0.25) is 4.90 Å². The Labute approximate surface area is 193 Å². The lowest BCUT2D eigenvalue weighted by molar-refractivity contribution is -0.223. The van der Waals surface area contributed by atoms with E-state index >= 15 is 13.2 Å². The molecule has 34 heavy (non-hydrogen) atoms. The molecule has 0 spiro atoms. The van der Waals surface area contributed by atoms with Crippen LogP contribution in [0.1, 0.15) is 22.3 Å². The number of amidine groups is 2. The number of nitrogens with one attached hydrogen (secondary N) is 1. The molecule has 0 saturated heterocycles. The van der Waals surface area contributed by atoms with Gasteiger partial charge in [-0.1, -0.05) is 54.6 Å². The number of ether oxygens (including phenoxy) is 1. The number of carbonyl (C=O) groups excluding carboxylic acids is 1. The maximum atomic E-state index is 15.1. The Morgan fingerprint density at radius 3 is 2.26 bits per heavy atom. The van der Waals surface area contributed by atoms with Gasteiger partial charge in [-0.2, -0.15) is 18.2 Å². The highest BCUT2D eigenvalue weighted by Crippen LogP contribution is 2.48. The van der Waals surface area contributed by atoms with Gasteiger partial charge in [0.05, 0.1) is 12.8 Å². The molecular formula is C25H19F3N4O2. The quantitative estimate of drug-likeness (QED) is 0.573. The van der Waals surface area contributed by atoms with Crippen LogP contribution in [-0.4, -0.2) is 35.9 Å². The SMILES string of the molecule is COc1ccc(C2(C(F)(F)F)NC(=O)N=C3c4ccccc4C(=Nc4ccccc4C)N32)cc1. The zero-order chi connectivity index (χ0) is 24.1. The Morgan fingerprint density at radius 1 is 0.971 bits per heavy atom. The standard InChI is InChI=1S/C25H19F3N4O2/c1-15-7-3-6-10-20(15)29-21-18-8-4-5-9-19(18)22-30-23(33)31-24(32(21)22,25(26,27)28)16-11-13-17(34-2)14-12-16/h3-14H,1-2H3,(H,31,33). The van der Waals surface area contributed by atoms with Crippen LogP contribution >= 0.6 is 0 Å². The fraction of sp³-hybridized carbons (Fsp3) is 0.160. The molecule has 1 atom stereocenters. The van der Waals surface area contributed by atoms with Crippen LogP contribution in [0.4, 0.5) is 23.7 Å². The average molecular weight is 464 g/mol. The molecule has 9 heteroatoms. The molecule has 6 nitrogen and oxygen atoms in total. The number of alkyl halides is 3. The monoisotopic (exact) mass is 464 g/mol. The minimum Gasteiger partial charge on any atom is -0.497 e. The predicted octanol–water partition coefficient (Wildman–Crippen LogP) is 5.28. The molecule has 0 fully saturated rings. The number of benzene rings is 3. The summed E-state index contributed by atoms with van der Waals surface area (Å²) in [6.07, 6.45) is -4.94. The lowest BCUT2D eigenvalue weighted by atomic mass is 9.95. The zero-order valence-corrected chi connectivity index (χ0v) is 18.2. The summed E-state index contributed by atoms with van der Waals surface area (Å²) in [6.45, 7) is 1.83. The summed E-state index contributed by atoms with van der Waals surface area (Å²) in [5.41, 5.74) is -0.993. The van der Waals surface area contributed by atoms with E-state index in [1.54, 1.807) is 36.4 Å². The third kappa shape index (κ3) is 3.15. The molecule has 0 bridgehead atoms. The van der Waals surface area contributed by atoms with E-state index in [9.17, 15) is 4.79 Å². The van der Waals surface area contributed by atoms with E-state index in [-0.39, 0.29) is 17.2 Å². The maximum absolute atomic E-state index is 15.1. The van der Waals surface area contributed by atoms with E-state index in [4.69, 9.17) is 4.74 Å². The second kappa shape index (κ2) is 7.72. The van der Waals surface area contributed by atoms with E-state index in [1.165, 1.54) is 31.4 Å². The Bertz CT molecular complexity index is 1350. The van der Waals surface area contributed by atoms with Gasteiger partial charge in [-0.25, -0.2) is 9.79 Å². The minimum atomic E-state index is -4.94. The first-order chi connectivity index (χ1) is 16.3. The van der Waals surface area contributed by atoms with Gasteiger partial charge in [-0.15, -0.1) is 0 Å². The predicted molar refractivity (Wildman–Crippen MR) is 121 cm³/mol. The fourth-order valence-electron chi connectivity index (χ4n) is 4.29. The lowest BCUT2D eigenvalue weighted by Gasteiger charge is -2.46. The molecule has 2 aliphatic heterocycles. The zero-order valence-electron chi connectivity index (χ0n) is 18.2. The molecule has 2 aliphatic rings. The van der Waals surface area contributed by atoms with Crippen molar-refractivity contribution in [3.8, 4) is 5.75 Å². The van der Waals surface area contributed by atoms with Crippen molar-refractivity contribution >= 4 is 23.4 Å². The molecule has 0 aromatic heterocycles. The van der Waals surface area contributed by atoms with Gasteiger partial charge in [-0.05, 0) is 30.7 Å². The van der Waals surface area contributed by atoms with E-state index in [1.807, 2.05) is 19.1 Å². The Balaban J connectivity index is 1.84. The number of halogens is 3. The Kier molecular flexibility index (Phi) is 4.93. The van der Waals surface area contributed by atoms with Crippen LogP contribution in [0.2, 0.25) is 0 Å². The third-order valence-electron chi connectivity index (χ3n) is 5.92. The molecule has 3 aromatic carbocycles. The number of aryl methyl sites for hydroxylation is 1. The summed E-state index contributed by atoms with van der Waals surface area (Å²) >= 11 is 0. The van der Waals surface area contributed by atoms with E-state index in [0.717, 1.165) is 10.5 Å². The third-order valence-corrected chi connectivity index (χ3v) is 5.92. The molecular weight excluding hydrogens is 445 g/mol. The molecule has 1 N–H and O–H groups in total. The molecule has 0 aliphatic carbocycles. The first kappa shape index (κ1) is 21.7. The van der Waals surface area contributed by atoms with Crippen molar-refractivity contribution < 1.29 is 22.7 Å². The molecule has 172 valence electrons. The molecule has 1 unspecified atom stereocenters. The molecule has 5 rings (SSSR count). The Morgan fingerprint density at radius 2 is 1.62 bits per heavy atom. The lowest BCUT2D eigenvalue weighted by Crippen LogP contribution is -2.69. The van der Waals surface area contributed by atoms with Crippen molar-refractivity contribution in [3.63, 3.8) is 0 Å². The van der Waals surface area contributed by atoms with Crippen LogP contribution in [0, 0.1) is 6.92 Å². The summed E-state index contributed by atoms with van der Waals surface area (Å²) in [4.78, 5) is 22.2. The number of urea groups is 1. The number of fused-ring (bicyclic) bond motifs is 3. The maximum Gasteiger partial charge on any atom is 0.435 e. The molecule has 2 amide bonds.